The maximum Gasteiger partial charge on any atom is 2.00 e. The van der Waals surface area contributed by atoms with Crippen molar-refractivity contribution in [3.63, 3.8) is 0 Å². The first kappa shape index (κ1) is 28.6. The van der Waals surface area contributed by atoms with Crippen molar-refractivity contribution in [1.29, 1.82) is 0 Å². The van der Waals surface area contributed by atoms with E-state index in [1.54, 1.807) is 17.1 Å². The average molecular weight is 717 g/mol. The van der Waals surface area contributed by atoms with Crippen molar-refractivity contribution in [1.82, 2.24) is 35.2 Å². The number of benzene rings is 3. The van der Waals surface area contributed by atoms with Gasteiger partial charge in [-0.25, -0.2) is 18.4 Å². The first-order chi connectivity index (χ1) is 19.0. The van der Waals surface area contributed by atoms with Crippen LogP contribution < -0.4 is 0 Å². The van der Waals surface area contributed by atoms with Gasteiger partial charge >= 0.3 is 21.1 Å². The Labute approximate surface area is 244 Å². The van der Waals surface area contributed by atoms with Gasteiger partial charge in [-0.15, -0.1) is 5.10 Å². The molecule has 0 aliphatic heterocycles. The van der Waals surface area contributed by atoms with E-state index >= 15 is 0 Å². The molecule has 7 nitrogen and oxygen atoms in total. The third-order valence-electron chi connectivity index (χ3n) is 5.82. The Morgan fingerprint density at radius 1 is 0.825 bits per heavy atom. The first-order valence-electron chi connectivity index (χ1n) is 12.3. The largest absolute Gasteiger partial charge is 2.00 e. The van der Waals surface area contributed by atoms with E-state index in [-0.39, 0.29) is 26.6 Å². The number of nitrogens with one attached hydrogen (secondary N) is 1. The van der Waals surface area contributed by atoms with Gasteiger partial charge in [0.1, 0.15) is 28.8 Å². The van der Waals surface area contributed by atoms with Crippen LogP contribution in [0.1, 0.15) is 22.5 Å². The van der Waals surface area contributed by atoms with Gasteiger partial charge in [0.25, 0.3) is 0 Å². The Balaban J connectivity index is 0.000000181. The van der Waals surface area contributed by atoms with Crippen LogP contribution in [0.25, 0.3) is 22.8 Å². The van der Waals surface area contributed by atoms with E-state index in [0.29, 0.717) is 18.1 Å². The van der Waals surface area contributed by atoms with Crippen molar-refractivity contribution in [2.24, 2.45) is 0 Å². The van der Waals surface area contributed by atoms with Gasteiger partial charge in [0.2, 0.25) is 0 Å². The van der Waals surface area contributed by atoms with Crippen molar-refractivity contribution in [2.75, 3.05) is 0 Å². The molecule has 0 saturated heterocycles. The predicted octanol–water partition coefficient (Wildman–Crippen LogP) is 6.04. The van der Waals surface area contributed by atoms with Gasteiger partial charge in [-0.1, -0.05) is 65.9 Å². The van der Waals surface area contributed by atoms with Gasteiger partial charge in [-0.05, 0) is 47.9 Å². The summed E-state index contributed by atoms with van der Waals surface area (Å²) in [4.78, 5) is 8.77. The van der Waals surface area contributed by atoms with Crippen LogP contribution in [-0.2, 0) is 34.0 Å². The predicted molar refractivity (Wildman–Crippen MR) is 145 cm³/mol. The third-order valence-corrected chi connectivity index (χ3v) is 5.82. The normalized spacial score (nSPS) is 10.4. The molecule has 0 fully saturated rings. The van der Waals surface area contributed by atoms with Crippen LogP contribution in [0, 0.1) is 18.6 Å². The summed E-state index contributed by atoms with van der Waals surface area (Å²) in [6.07, 6.45) is 4.17. The van der Waals surface area contributed by atoms with Crippen molar-refractivity contribution in [3.05, 3.63) is 138 Å². The maximum atomic E-state index is 13.7. The van der Waals surface area contributed by atoms with Gasteiger partial charge in [0.05, 0.1) is 12.7 Å². The first-order valence-corrected chi connectivity index (χ1v) is 12.3. The molecule has 0 radical (unpaired) electrons. The molecule has 1 N–H and O–H groups in total. The van der Waals surface area contributed by atoms with Gasteiger partial charge < -0.3 is 0 Å². The van der Waals surface area contributed by atoms with Crippen molar-refractivity contribution < 1.29 is 29.8 Å². The number of aromatic nitrogens is 7. The second-order valence-electron chi connectivity index (χ2n) is 8.90. The zero-order valence-corrected chi connectivity index (χ0v) is 23.8. The van der Waals surface area contributed by atoms with Crippen LogP contribution in [0.2, 0.25) is 0 Å². The monoisotopic (exact) mass is 716 g/mol. The number of aryl methyl sites for hydroxylation is 1. The standard InChI is InChI=1S/C15H11F2N3.C15H14N4.Pt/c16-12-6-7-13(14(17)8-12)15-10-20(19-18-15)9-11-4-2-1-3-5-11;1-11-7-8-16-13(9-11)15-17-14(18-19-15)10-12-5-3-2-4-6-12;/h1-8,10H,9H2;2-9H,10H2,1H3,(H,17,18,19);/q;;+2. The number of rotatable bonds is 6. The SMILES string of the molecule is Cc1ccnc(-c2n[nH]c(Cc3ccccc3)n2)c1.Fc1ccc(-c2cn(Cc3ccccc3)nn2)c(F)c1.[Pt+2]. The molecule has 40 heavy (non-hydrogen) atoms. The minimum absolute atomic E-state index is 0. The quantitative estimate of drug-likeness (QED) is 0.228. The van der Waals surface area contributed by atoms with Crippen LogP contribution >= 0.6 is 0 Å². The second kappa shape index (κ2) is 13.6. The fourth-order valence-corrected chi connectivity index (χ4v) is 3.90. The molecule has 0 aliphatic rings. The van der Waals surface area contributed by atoms with Crippen LogP contribution in [0.5, 0.6) is 0 Å². The number of H-pyrrole nitrogens is 1. The molecule has 0 atom stereocenters. The molecule has 0 aliphatic carbocycles. The van der Waals surface area contributed by atoms with Crippen LogP contribution in [0.3, 0.4) is 0 Å². The Kier molecular flexibility index (Phi) is 9.75. The van der Waals surface area contributed by atoms with E-state index < -0.39 is 11.6 Å². The summed E-state index contributed by atoms with van der Waals surface area (Å²) in [5.41, 5.74) is 4.87. The molecular weight excluding hydrogens is 691 g/mol. The molecule has 3 aromatic carbocycles. The van der Waals surface area contributed by atoms with Crippen molar-refractivity contribution >= 4 is 0 Å². The molecule has 0 amide bonds. The number of pyridine rings is 1. The van der Waals surface area contributed by atoms with Crippen molar-refractivity contribution in [3.8, 4) is 22.8 Å². The molecule has 0 bridgehead atoms. The Morgan fingerprint density at radius 2 is 1.55 bits per heavy atom. The maximum absolute atomic E-state index is 13.7. The fraction of sp³-hybridized carbons (Fsp3) is 0.100. The van der Waals surface area contributed by atoms with Gasteiger partial charge in [0.15, 0.2) is 5.82 Å². The fourth-order valence-electron chi connectivity index (χ4n) is 3.90. The van der Waals surface area contributed by atoms with Gasteiger partial charge in [-0.2, -0.15) is 5.10 Å². The van der Waals surface area contributed by atoms with Crippen molar-refractivity contribution in [2.45, 2.75) is 19.9 Å². The van der Waals surface area contributed by atoms with Crippen LogP contribution in [0.15, 0.2) is 103 Å². The summed E-state index contributed by atoms with van der Waals surface area (Å²) in [6.45, 7) is 2.58. The van der Waals surface area contributed by atoms with E-state index in [2.05, 4.69) is 42.6 Å². The van der Waals surface area contributed by atoms with Gasteiger partial charge in [0, 0.05) is 24.2 Å². The molecular formula is C30H25F2N7Pt+2. The van der Waals surface area contributed by atoms with E-state index in [4.69, 9.17) is 0 Å². The Morgan fingerprint density at radius 3 is 2.25 bits per heavy atom. The van der Waals surface area contributed by atoms with E-state index in [1.807, 2.05) is 67.6 Å². The van der Waals surface area contributed by atoms with E-state index in [0.717, 1.165) is 35.1 Å². The number of halogens is 2. The average Bonchev–Trinajstić information content (AvgIpc) is 3.60. The van der Waals surface area contributed by atoms with E-state index in [9.17, 15) is 8.78 Å². The number of hydrogen-bond donors (Lipinski definition) is 1. The molecule has 0 spiro atoms. The minimum Gasteiger partial charge on any atom is -0.262 e. The number of nitrogens with zero attached hydrogens (tertiary/aromatic N) is 6. The summed E-state index contributed by atoms with van der Waals surface area (Å²) in [5.74, 6) is 0.249. The minimum atomic E-state index is -0.642. The van der Waals surface area contributed by atoms with Crippen LogP contribution in [0.4, 0.5) is 8.78 Å². The summed E-state index contributed by atoms with van der Waals surface area (Å²) in [6, 6.07) is 27.3. The molecule has 202 valence electrons. The number of hydrogen-bond acceptors (Lipinski definition) is 5. The smallest absolute Gasteiger partial charge is 0.262 e. The Hall–Kier alpha value is -4.36. The molecule has 10 heteroatoms. The Bertz CT molecular complexity index is 1650. The molecule has 3 aromatic heterocycles. The summed E-state index contributed by atoms with van der Waals surface area (Å²) < 4.78 is 28.1. The molecule has 6 rings (SSSR count). The summed E-state index contributed by atoms with van der Waals surface area (Å²) in [5, 5.41) is 15.1. The summed E-state index contributed by atoms with van der Waals surface area (Å²) >= 11 is 0. The third kappa shape index (κ3) is 7.61. The number of aromatic amines is 1. The van der Waals surface area contributed by atoms with Crippen LogP contribution in [-0.4, -0.2) is 35.2 Å². The summed E-state index contributed by atoms with van der Waals surface area (Å²) in [7, 11) is 0. The molecule has 6 aromatic rings. The zero-order chi connectivity index (χ0) is 27.0. The topological polar surface area (TPSA) is 85.2 Å². The molecule has 0 saturated carbocycles. The van der Waals surface area contributed by atoms with E-state index in [1.165, 1.54) is 17.7 Å². The second-order valence-corrected chi connectivity index (χ2v) is 8.90. The van der Waals surface area contributed by atoms with Gasteiger partial charge in [-0.3, -0.25) is 10.1 Å². The molecule has 0 unspecified atom stereocenters. The molecule has 3 heterocycles. The zero-order valence-electron chi connectivity index (χ0n) is 21.5.